The molecule has 2 atom stereocenters. The number of carbonyl (C=O) groups excluding carboxylic acids is 1. The molecule has 35 heavy (non-hydrogen) atoms. The van der Waals surface area contributed by atoms with E-state index in [1.807, 2.05) is 18.2 Å². The second-order valence-electron chi connectivity index (χ2n) is 9.71. The van der Waals surface area contributed by atoms with Gasteiger partial charge in [0.1, 0.15) is 0 Å². The molecule has 8 heteroatoms. The molecule has 1 amide bonds. The molecule has 0 saturated heterocycles. The van der Waals surface area contributed by atoms with Crippen molar-refractivity contribution in [2.75, 3.05) is 20.3 Å². The standard InChI is InChI=1S/C27H34N2O5Si/c1-27(2,3)35(24-13-7-5-8-14-24,25-15-9-6-10-16-25)34-21-22-17-18-23(12-11-19-29(31)32)28(20-22)26(30)33-4/h5-11,13-19,22-23H,12,20-21H2,1-4H3/b19-11+/t22-,23-/m1/s1. The number of nitrogens with zero attached hydrogens (tertiary/aromatic N) is 2. The van der Waals surface area contributed by atoms with Gasteiger partial charge in [-0.1, -0.05) is 93.6 Å². The van der Waals surface area contributed by atoms with Gasteiger partial charge in [-0.25, -0.2) is 4.79 Å². The van der Waals surface area contributed by atoms with Crippen LogP contribution in [0.25, 0.3) is 0 Å². The molecule has 0 N–H and O–H groups in total. The van der Waals surface area contributed by atoms with E-state index in [0.717, 1.165) is 6.20 Å². The number of benzene rings is 2. The molecule has 0 bridgehead atoms. The second kappa shape index (κ2) is 11.5. The van der Waals surface area contributed by atoms with Crippen molar-refractivity contribution in [1.82, 2.24) is 4.90 Å². The van der Waals surface area contributed by atoms with Crippen LogP contribution in [0.1, 0.15) is 27.2 Å². The lowest BCUT2D eigenvalue weighted by Gasteiger charge is -2.44. The van der Waals surface area contributed by atoms with E-state index in [1.54, 1.807) is 4.90 Å². The minimum atomic E-state index is -2.70. The molecule has 1 heterocycles. The minimum absolute atomic E-state index is 0.0357. The van der Waals surface area contributed by atoms with Gasteiger partial charge in [0, 0.05) is 19.1 Å². The van der Waals surface area contributed by atoms with Crippen LogP contribution in [-0.4, -0.2) is 50.5 Å². The van der Waals surface area contributed by atoms with Gasteiger partial charge in [-0.15, -0.1) is 0 Å². The van der Waals surface area contributed by atoms with Gasteiger partial charge in [0.15, 0.2) is 0 Å². The van der Waals surface area contributed by atoms with Gasteiger partial charge in [-0.05, 0) is 27.9 Å². The maximum Gasteiger partial charge on any atom is 0.410 e. The molecule has 0 fully saturated rings. The number of nitro groups is 1. The maximum atomic E-state index is 12.5. The first kappa shape index (κ1) is 26.4. The first-order chi connectivity index (χ1) is 16.7. The quantitative estimate of drug-likeness (QED) is 0.236. The number of carbonyl (C=O) groups is 1. The van der Waals surface area contributed by atoms with Crippen LogP contribution in [0.4, 0.5) is 4.79 Å². The summed E-state index contributed by atoms with van der Waals surface area (Å²) in [6.07, 6.45) is 6.23. The molecular formula is C27H34N2O5Si. The Balaban J connectivity index is 1.91. The van der Waals surface area contributed by atoms with E-state index in [2.05, 4.69) is 75.4 Å². The van der Waals surface area contributed by atoms with Gasteiger partial charge >= 0.3 is 6.09 Å². The van der Waals surface area contributed by atoms with Crippen molar-refractivity contribution in [1.29, 1.82) is 0 Å². The van der Waals surface area contributed by atoms with Crippen molar-refractivity contribution in [2.45, 2.75) is 38.3 Å². The van der Waals surface area contributed by atoms with E-state index < -0.39 is 19.3 Å². The zero-order valence-electron chi connectivity index (χ0n) is 20.8. The van der Waals surface area contributed by atoms with E-state index in [0.29, 0.717) is 19.6 Å². The molecule has 2 aromatic rings. The summed E-state index contributed by atoms with van der Waals surface area (Å²) in [5.41, 5.74) is 0. The molecule has 0 aliphatic carbocycles. The Bertz CT molecular complexity index is 1010. The van der Waals surface area contributed by atoms with Gasteiger partial charge < -0.3 is 14.1 Å². The number of ether oxygens (including phenoxy) is 1. The fourth-order valence-electron chi connectivity index (χ4n) is 4.76. The first-order valence-electron chi connectivity index (χ1n) is 11.8. The average molecular weight is 495 g/mol. The average Bonchev–Trinajstić information content (AvgIpc) is 2.85. The van der Waals surface area contributed by atoms with Crippen molar-refractivity contribution < 1.29 is 18.9 Å². The Labute approximate surface area is 208 Å². The molecular weight excluding hydrogens is 460 g/mol. The predicted octanol–water partition coefficient (Wildman–Crippen LogP) is 4.37. The number of rotatable bonds is 8. The van der Waals surface area contributed by atoms with Crippen LogP contribution in [0.5, 0.6) is 0 Å². The van der Waals surface area contributed by atoms with E-state index in [9.17, 15) is 14.9 Å². The molecule has 0 aromatic heterocycles. The molecule has 0 unspecified atom stereocenters. The third-order valence-electron chi connectivity index (χ3n) is 6.38. The Morgan fingerprint density at radius 2 is 1.66 bits per heavy atom. The highest BCUT2D eigenvalue weighted by Gasteiger charge is 2.50. The lowest BCUT2D eigenvalue weighted by atomic mass is 10.00. The molecule has 186 valence electrons. The third-order valence-corrected chi connectivity index (χ3v) is 11.4. The summed E-state index contributed by atoms with van der Waals surface area (Å²) in [6.45, 7) is 7.55. The van der Waals surface area contributed by atoms with E-state index in [1.165, 1.54) is 23.6 Å². The van der Waals surface area contributed by atoms with Gasteiger partial charge in [-0.3, -0.25) is 10.1 Å². The van der Waals surface area contributed by atoms with E-state index in [4.69, 9.17) is 9.16 Å². The highest BCUT2D eigenvalue weighted by atomic mass is 28.4. The number of hydrogen-bond donors (Lipinski definition) is 0. The predicted molar refractivity (Wildman–Crippen MR) is 140 cm³/mol. The molecule has 1 aliphatic rings. The zero-order chi connectivity index (χ0) is 25.5. The summed E-state index contributed by atoms with van der Waals surface area (Å²) in [6, 6.07) is 20.6. The molecule has 1 aliphatic heterocycles. The molecule has 2 aromatic carbocycles. The Morgan fingerprint density at radius 3 is 2.14 bits per heavy atom. The van der Waals surface area contributed by atoms with Crippen LogP contribution in [0.15, 0.2) is 85.1 Å². The number of hydrogen-bond acceptors (Lipinski definition) is 5. The summed E-state index contributed by atoms with van der Waals surface area (Å²) < 4.78 is 12.0. The van der Waals surface area contributed by atoms with Crippen LogP contribution in [-0.2, 0) is 9.16 Å². The van der Waals surface area contributed by atoms with Crippen LogP contribution in [0.3, 0.4) is 0 Å². The maximum absolute atomic E-state index is 12.5. The normalized spacial score (nSPS) is 18.6. The minimum Gasteiger partial charge on any atom is -0.453 e. The Kier molecular flexibility index (Phi) is 8.64. The molecule has 0 saturated carbocycles. The Hall–Kier alpha value is -3.23. The van der Waals surface area contributed by atoms with Gasteiger partial charge in [-0.2, -0.15) is 0 Å². The zero-order valence-corrected chi connectivity index (χ0v) is 21.8. The SMILES string of the molecule is COC(=O)N1C[C@H](CO[Si](c2ccccc2)(c2ccccc2)C(C)(C)C)C=C[C@H]1C/C=C/[N+](=O)[O-]. The monoisotopic (exact) mass is 494 g/mol. The first-order valence-corrected chi connectivity index (χ1v) is 13.7. The van der Waals surface area contributed by atoms with Gasteiger partial charge in [0.2, 0.25) is 6.20 Å². The highest BCUT2D eigenvalue weighted by Crippen LogP contribution is 2.37. The molecule has 0 spiro atoms. The van der Waals surface area contributed by atoms with Gasteiger partial charge in [0.05, 0.1) is 18.1 Å². The molecule has 0 radical (unpaired) electrons. The number of methoxy groups -OCH3 is 1. The topological polar surface area (TPSA) is 81.9 Å². The van der Waals surface area contributed by atoms with Crippen LogP contribution in [0, 0.1) is 16.0 Å². The fourth-order valence-corrected chi connectivity index (χ4v) is 9.38. The molecule has 3 rings (SSSR count). The lowest BCUT2D eigenvalue weighted by molar-refractivity contribution is -0.402. The molecule has 7 nitrogen and oxygen atoms in total. The van der Waals surface area contributed by atoms with Crippen LogP contribution < -0.4 is 10.4 Å². The van der Waals surface area contributed by atoms with Crippen molar-refractivity contribution in [3.05, 3.63) is 95.2 Å². The largest absolute Gasteiger partial charge is 0.453 e. The van der Waals surface area contributed by atoms with Crippen LogP contribution >= 0.6 is 0 Å². The summed E-state index contributed by atoms with van der Waals surface area (Å²) in [5.74, 6) is -0.0357. The Morgan fingerprint density at radius 1 is 1.09 bits per heavy atom. The summed E-state index contributed by atoms with van der Waals surface area (Å²) in [4.78, 5) is 24.3. The van der Waals surface area contributed by atoms with E-state index >= 15 is 0 Å². The van der Waals surface area contributed by atoms with Crippen molar-refractivity contribution in [3.63, 3.8) is 0 Å². The third kappa shape index (κ3) is 6.07. The van der Waals surface area contributed by atoms with Crippen molar-refractivity contribution >= 4 is 24.8 Å². The van der Waals surface area contributed by atoms with E-state index in [-0.39, 0.29) is 17.0 Å². The fraction of sp³-hybridized carbons (Fsp3) is 0.370. The number of amides is 1. The summed E-state index contributed by atoms with van der Waals surface area (Å²) in [5, 5.41) is 12.9. The van der Waals surface area contributed by atoms with Gasteiger partial charge in [0.25, 0.3) is 8.32 Å². The summed E-state index contributed by atoms with van der Waals surface area (Å²) >= 11 is 0. The smallest absolute Gasteiger partial charge is 0.410 e. The lowest BCUT2D eigenvalue weighted by Crippen LogP contribution is -2.67. The van der Waals surface area contributed by atoms with Crippen molar-refractivity contribution in [2.24, 2.45) is 5.92 Å². The van der Waals surface area contributed by atoms with Crippen molar-refractivity contribution in [3.8, 4) is 0 Å². The van der Waals surface area contributed by atoms with Crippen LogP contribution in [0.2, 0.25) is 5.04 Å². The highest BCUT2D eigenvalue weighted by molar-refractivity contribution is 6.99. The second-order valence-corrected chi connectivity index (χ2v) is 14.0. The summed E-state index contributed by atoms with van der Waals surface area (Å²) in [7, 11) is -1.35.